The lowest BCUT2D eigenvalue weighted by Crippen LogP contribution is -2.70. The van der Waals surface area contributed by atoms with Crippen LogP contribution in [-0.2, 0) is 14.2 Å². The van der Waals surface area contributed by atoms with Gasteiger partial charge in [0, 0.05) is 16.7 Å². The van der Waals surface area contributed by atoms with Gasteiger partial charge in [-0.1, -0.05) is 25.7 Å². The third-order valence-electron chi connectivity index (χ3n) is 7.46. The number of benzene rings is 2. The van der Waals surface area contributed by atoms with Crippen LogP contribution in [0.4, 0.5) is 30.7 Å². The van der Waals surface area contributed by atoms with Gasteiger partial charge in [-0.15, -0.1) is 0 Å². The highest BCUT2D eigenvalue weighted by molar-refractivity contribution is 5.86. The Hall–Kier alpha value is -2.55. The Morgan fingerprint density at radius 1 is 0.919 bits per heavy atom. The number of fused-ring (bicyclic) bond motifs is 4. The maximum atomic E-state index is 15.3. The van der Waals surface area contributed by atoms with Crippen LogP contribution in [0.1, 0.15) is 38.2 Å². The van der Waals surface area contributed by atoms with Crippen LogP contribution in [0.25, 0.3) is 10.8 Å². The van der Waals surface area contributed by atoms with Gasteiger partial charge >= 0.3 is 18.3 Å². The van der Waals surface area contributed by atoms with Gasteiger partial charge in [0.1, 0.15) is 17.4 Å². The Kier molecular flexibility index (Phi) is 6.36. The molecule has 0 atom stereocenters. The van der Waals surface area contributed by atoms with Crippen LogP contribution < -0.4 is 4.74 Å². The zero-order valence-electron chi connectivity index (χ0n) is 19.7. The highest BCUT2D eigenvalue weighted by Crippen LogP contribution is 2.52. The average molecular weight is 532 g/mol. The third-order valence-corrected chi connectivity index (χ3v) is 7.46. The number of alkyl halides is 5. The lowest BCUT2D eigenvalue weighted by molar-refractivity contribution is -0.551. The van der Waals surface area contributed by atoms with Gasteiger partial charge in [-0.05, 0) is 54.3 Å². The summed E-state index contributed by atoms with van der Waals surface area (Å²) in [7, 11) is 0. The summed E-state index contributed by atoms with van der Waals surface area (Å²) in [6, 6.07) is 3.55. The van der Waals surface area contributed by atoms with Crippen molar-refractivity contribution in [3.8, 4) is 17.6 Å². The molecule has 1 saturated carbocycles. The first-order valence-electron chi connectivity index (χ1n) is 11.8. The zero-order valence-corrected chi connectivity index (χ0v) is 19.7. The van der Waals surface area contributed by atoms with E-state index in [1.807, 2.05) is 0 Å². The second-order valence-corrected chi connectivity index (χ2v) is 10.0. The monoisotopic (exact) mass is 532 g/mol. The molecule has 2 aromatic rings. The molecule has 6 rings (SSSR count). The first-order chi connectivity index (χ1) is 17.3. The molecule has 11 heteroatoms. The van der Waals surface area contributed by atoms with Crippen LogP contribution >= 0.6 is 0 Å². The van der Waals surface area contributed by atoms with E-state index in [9.17, 15) is 22.0 Å². The largest absolute Gasteiger partial charge is 0.484 e. The summed E-state index contributed by atoms with van der Waals surface area (Å²) in [5.74, 6) is -2.92. The van der Waals surface area contributed by atoms with Gasteiger partial charge in [0.2, 0.25) is 0 Å². The van der Waals surface area contributed by atoms with E-state index in [0.717, 1.165) is 49.8 Å². The van der Waals surface area contributed by atoms with E-state index in [2.05, 4.69) is 6.92 Å². The SMILES string of the molecule is CC1CCC(C23COC(C(F)(F)Oc4ccc5c(F)c(C#CC(F)(F)F)c(F)cc5c4)(OC2)OC3)CC1. The summed E-state index contributed by atoms with van der Waals surface area (Å²) in [6.45, 7) is 2.22. The van der Waals surface area contributed by atoms with Gasteiger partial charge in [0.05, 0.1) is 25.4 Å². The second-order valence-electron chi connectivity index (χ2n) is 10.0. The highest BCUT2D eigenvalue weighted by Gasteiger charge is 2.69. The molecule has 1 aliphatic carbocycles. The summed E-state index contributed by atoms with van der Waals surface area (Å²) in [5.41, 5.74) is -1.60. The van der Waals surface area contributed by atoms with E-state index < -0.39 is 46.6 Å². The maximum absolute atomic E-state index is 15.3. The molecule has 4 aliphatic rings. The molecule has 3 aliphatic heterocycles. The standard InChI is InChI=1S/C26H23F7O4/c1-15-2-4-17(5-3-15)23-12-34-26(35-13-23,36-14-23)25(32,33)37-18-6-7-19-16(10-18)11-21(27)20(22(19)28)8-9-24(29,30)31/h6-7,10-11,15,17H,2-5,12-14H2,1H3. The lowest BCUT2D eigenvalue weighted by Gasteiger charge is -2.56. The minimum atomic E-state index is -4.95. The molecule has 3 heterocycles. The normalized spacial score (nSPS) is 30.2. The van der Waals surface area contributed by atoms with Crippen molar-refractivity contribution in [1.82, 2.24) is 0 Å². The summed E-state index contributed by atoms with van der Waals surface area (Å²) in [6.07, 6.45) is -5.14. The Morgan fingerprint density at radius 2 is 1.54 bits per heavy atom. The van der Waals surface area contributed by atoms with E-state index in [-0.39, 0.29) is 36.5 Å². The van der Waals surface area contributed by atoms with E-state index in [4.69, 9.17) is 18.9 Å². The van der Waals surface area contributed by atoms with Crippen LogP contribution in [0.5, 0.6) is 5.75 Å². The molecule has 4 nitrogen and oxygen atoms in total. The van der Waals surface area contributed by atoms with E-state index in [0.29, 0.717) is 12.0 Å². The molecule has 0 N–H and O–H groups in total. The van der Waals surface area contributed by atoms with Crippen LogP contribution in [0, 0.1) is 40.7 Å². The molecule has 2 aromatic carbocycles. The van der Waals surface area contributed by atoms with Crippen molar-refractivity contribution >= 4 is 10.8 Å². The average Bonchev–Trinajstić information content (AvgIpc) is 2.84. The van der Waals surface area contributed by atoms with Gasteiger partial charge in [-0.2, -0.15) is 22.0 Å². The fourth-order valence-electron chi connectivity index (χ4n) is 5.27. The number of hydrogen-bond donors (Lipinski definition) is 0. The van der Waals surface area contributed by atoms with Crippen LogP contribution in [-0.4, -0.2) is 38.1 Å². The van der Waals surface area contributed by atoms with Crippen molar-refractivity contribution in [3.63, 3.8) is 0 Å². The first-order valence-corrected chi connectivity index (χ1v) is 11.8. The first kappa shape index (κ1) is 26.1. The third kappa shape index (κ3) is 4.75. The Bertz CT molecular complexity index is 1230. The molecule has 0 aromatic heterocycles. The number of halogens is 7. The Labute approximate surface area is 208 Å². The predicted molar refractivity (Wildman–Crippen MR) is 117 cm³/mol. The fourth-order valence-corrected chi connectivity index (χ4v) is 5.27. The van der Waals surface area contributed by atoms with E-state index >= 15 is 8.78 Å². The molecule has 3 saturated heterocycles. The van der Waals surface area contributed by atoms with Crippen LogP contribution in [0.3, 0.4) is 0 Å². The van der Waals surface area contributed by atoms with Gasteiger partial charge < -0.3 is 18.9 Å². The predicted octanol–water partition coefficient (Wildman–Crippen LogP) is 6.55. The van der Waals surface area contributed by atoms with E-state index in [1.54, 1.807) is 0 Å². The summed E-state index contributed by atoms with van der Waals surface area (Å²) < 4.78 is 118. The quantitative estimate of drug-likeness (QED) is 0.331. The molecule has 37 heavy (non-hydrogen) atoms. The molecule has 200 valence electrons. The molecular formula is C26H23F7O4. The zero-order chi connectivity index (χ0) is 26.6. The van der Waals surface area contributed by atoms with Gasteiger partial charge in [0.15, 0.2) is 0 Å². The molecule has 4 fully saturated rings. The van der Waals surface area contributed by atoms with Crippen molar-refractivity contribution in [2.24, 2.45) is 17.3 Å². The van der Waals surface area contributed by atoms with Crippen LogP contribution in [0.2, 0.25) is 0 Å². The summed E-state index contributed by atoms with van der Waals surface area (Å²) >= 11 is 0. The molecule has 2 bridgehead atoms. The highest BCUT2D eigenvalue weighted by atomic mass is 19.4. The second kappa shape index (κ2) is 9.03. The minimum absolute atomic E-state index is 0.0148. The molecule has 0 amide bonds. The molecular weight excluding hydrogens is 509 g/mol. The number of rotatable bonds is 4. The smallest absolute Gasteiger partial charge is 0.426 e. The Morgan fingerprint density at radius 3 is 2.14 bits per heavy atom. The molecule has 0 unspecified atom stereocenters. The van der Waals surface area contributed by atoms with Crippen molar-refractivity contribution in [3.05, 3.63) is 41.5 Å². The summed E-state index contributed by atoms with van der Waals surface area (Å²) in [5, 5.41) is -0.550. The molecule has 0 radical (unpaired) electrons. The van der Waals surface area contributed by atoms with Gasteiger partial charge in [-0.3, -0.25) is 0 Å². The topological polar surface area (TPSA) is 36.9 Å². The fraction of sp³-hybridized carbons (Fsp3) is 0.538. The number of hydrogen-bond acceptors (Lipinski definition) is 4. The van der Waals surface area contributed by atoms with Crippen molar-refractivity contribution < 1.29 is 49.7 Å². The van der Waals surface area contributed by atoms with Crippen molar-refractivity contribution in [1.29, 1.82) is 0 Å². The Balaban J connectivity index is 1.34. The number of ether oxygens (including phenoxy) is 4. The van der Waals surface area contributed by atoms with E-state index in [1.165, 1.54) is 5.92 Å². The summed E-state index contributed by atoms with van der Waals surface area (Å²) in [4.78, 5) is 0. The lowest BCUT2D eigenvalue weighted by atomic mass is 9.67. The maximum Gasteiger partial charge on any atom is 0.484 e. The van der Waals surface area contributed by atoms with Crippen molar-refractivity contribution in [2.45, 2.75) is 50.9 Å². The minimum Gasteiger partial charge on any atom is -0.426 e. The van der Waals surface area contributed by atoms with Gasteiger partial charge in [0.25, 0.3) is 0 Å². The van der Waals surface area contributed by atoms with Gasteiger partial charge in [-0.25, -0.2) is 8.78 Å². The van der Waals surface area contributed by atoms with Crippen LogP contribution in [0.15, 0.2) is 24.3 Å². The van der Waals surface area contributed by atoms with Crippen molar-refractivity contribution in [2.75, 3.05) is 19.8 Å². The molecule has 0 spiro atoms.